The molecule has 0 heterocycles. The third-order valence-electron chi connectivity index (χ3n) is 3.44. The van der Waals surface area contributed by atoms with Gasteiger partial charge in [0.25, 0.3) is 0 Å². The second-order valence-corrected chi connectivity index (χ2v) is 4.91. The predicted octanol–water partition coefficient (Wildman–Crippen LogP) is 5.08. The maximum atomic E-state index is 13.7. The fraction of sp³-hybridized carbons (Fsp3) is 0.235. The Kier molecular flexibility index (Phi) is 4.68. The van der Waals surface area contributed by atoms with Gasteiger partial charge in [-0.25, -0.2) is 8.78 Å². The smallest absolute Gasteiger partial charge is 0.198 e. The van der Waals surface area contributed by atoms with Crippen molar-refractivity contribution in [2.75, 3.05) is 0 Å². The number of hydrogen-bond acceptors (Lipinski definition) is 2. The van der Waals surface area contributed by atoms with Crippen molar-refractivity contribution in [3.63, 3.8) is 0 Å². The molecule has 0 aliphatic rings. The van der Waals surface area contributed by atoms with Gasteiger partial charge in [-0.1, -0.05) is 26.0 Å². The van der Waals surface area contributed by atoms with E-state index in [2.05, 4.69) is 13.8 Å². The molecule has 0 N–H and O–H groups in total. The number of carbonyl (C=O) groups excluding carboxylic acids is 1. The molecule has 0 aromatic heterocycles. The standard InChI is InChI=1S/C17H16F2O2/c1-3-11(2)13-4-6-14(7-5-13)21-17-15(18)8-12(10-20)9-16(17)19/h4-11H,3H2,1-2H3. The topological polar surface area (TPSA) is 26.3 Å². The van der Waals surface area contributed by atoms with Gasteiger partial charge in [-0.2, -0.15) is 0 Å². The summed E-state index contributed by atoms with van der Waals surface area (Å²) < 4.78 is 32.7. The highest BCUT2D eigenvalue weighted by molar-refractivity contribution is 5.75. The molecule has 21 heavy (non-hydrogen) atoms. The number of hydrogen-bond donors (Lipinski definition) is 0. The van der Waals surface area contributed by atoms with Crippen LogP contribution in [0.25, 0.3) is 0 Å². The third kappa shape index (κ3) is 3.45. The summed E-state index contributed by atoms with van der Waals surface area (Å²) in [7, 11) is 0. The van der Waals surface area contributed by atoms with Crippen LogP contribution < -0.4 is 4.74 Å². The molecule has 2 nitrogen and oxygen atoms in total. The minimum Gasteiger partial charge on any atom is -0.451 e. The summed E-state index contributed by atoms with van der Waals surface area (Å²) in [5.74, 6) is -1.54. The molecule has 0 spiro atoms. The highest BCUT2D eigenvalue weighted by atomic mass is 19.1. The van der Waals surface area contributed by atoms with E-state index in [-0.39, 0.29) is 5.56 Å². The first-order chi connectivity index (χ1) is 10.0. The van der Waals surface area contributed by atoms with Crippen LogP contribution in [0.15, 0.2) is 36.4 Å². The Labute approximate surface area is 122 Å². The Hall–Kier alpha value is -2.23. The fourth-order valence-corrected chi connectivity index (χ4v) is 1.96. The molecular formula is C17H16F2O2. The summed E-state index contributed by atoms with van der Waals surface area (Å²) in [6, 6.07) is 8.98. The van der Waals surface area contributed by atoms with E-state index in [1.54, 1.807) is 12.1 Å². The first-order valence-corrected chi connectivity index (χ1v) is 6.77. The Bertz CT molecular complexity index is 613. The monoisotopic (exact) mass is 290 g/mol. The van der Waals surface area contributed by atoms with Crippen molar-refractivity contribution in [1.82, 2.24) is 0 Å². The van der Waals surface area contributed by atoms with Crippen LogP contribution in [-0.2, 0) is 0 Å². The first kappa shape index (κ1) is 15.2. The van der Waals surface area contributed by atoms with Crippen LogP contribution in [0.5, 0.6) is 11.5 Å². The van der Waals surface area contributed by atoms with Crippen molar-refractivity contribution < 1.29 is 18.3 Å². The van der Waals surface area contributed by atoms with E-state index in [1.807, 2.05) is 12.1 Å². The minimum absolute atomic E-state index is 0.0653. The maximum absolute atomic E-state index is 13.7. The number of carbonyl (C=O) groups is 1. The van der Waals surface area contributed by atoms with Gasteiger partial charge in [0.2, 0.25) is 0 Å². The van der Waals surface area contributed by atoms with Gasteiger partial charge >= 0.3 is 0 Å². The van der Waals surface area contributed by atoms with Crippen molar-refractivity contribution in [1.29, 1.82) is 0 Å². The first-order valence-electron chi connectivity index (χ1n) is 6.77. The van der Waals surface area contributed by atoms with E-state index in [0.717, 1.165) is 24.1 Å². The summed E-state index contributed by atoms with van der Waals surface area (Å²) in [5.41, 5.74) is 1.08. The summed E-state index contributed by atoms with van der Waals surface area (Å²) in [6.45, 7) is 4.20. The van der Waals surface area contributed by atoms with Gasteiger partial charge in [-0.3, -0.25) is 4.79 Å². The fourth-order valence-electron chi connectivity index (χ4n) is 1.96. The number of ether oxygens (including phenoxy) is 1. The highest BCUT2D eigenvalue weighted by Gasteiger charge is 2.14. The van der Waals surface area contributed by atoms with Crippen LogP contribution in [0.1, 0.15) is 42.1 Å². The third-order valence-corrected chi connectivity index (χ3v) is 3.44. The summed E-state index contributed by atoms with van der Waals surface area (Å²) in [6.07, 6.45) is 1.40. The van der Waals surface area contributed by atoms with Crippen LogP contribution >= 0.6 is 0 Å². The van der Waals surface area contributed by atoms with Gasteiger partial charge in [0.1, 0.15) is 12.0 Å². The van der Waals surface area contributed by atoms with E-state index in [9.17, 15) is 13.6 Å². The Morgan fingerprint density at radius 3 is 2.19 bits per heavy atom. The van der Waals surface area contributed by atoms with Crippen molar-refractivity contribution in [2.45, 2.75) is 26.2 Å². The van der Waals surface area contributed by atoms with E-state index in [4.69, 9.17) is 4.74 Å². The Morgan fingerprint density at radius 1 is 1.14 bits per heavy atom. The number of halogens is 2. The van der Waals surface area contributed by atoms with Crippen LogP contribution in [-0.4, -0.2) is 6.29 Å². The largest absolute Gasteiger partial charge is 0.451 e. The van der Waals surface area contributed by atoms with E-state index in [0.29, 0.717) is 18.0 Å². The average Bonchev–Trinajstić information content (AvgIpc) is 2.50. The van der Waals surface area contributed by atoms with Gasteiger partial charge in [0, 0.05) is 5.56 Å². The van der Waals surface area contributed by atoms with Gasteiger partial charge in [0.15, 0.2) is 17.4 Å². The maximum Gasteiger partial charge on any atom is 0.198 e. The molecule has 0 aliphatic heterocycles. The molecule has 0 saturated heterocycles. The second-order valence-electron chi connectivity index (χ2n) is 4.91. The van der Waals surface area contributed by atoms with Gasteiger partial charge in [-0.05, 0) is 42.2 Å². The lowest BCUT2D eigenvalue weighted by molar-refractivity contribution is 0.112. The Morgan fingerprint density at radius 2 is 1.71 bits per heavy atom. The molecule has 0 radical (unpaired) electrons. The lowest BCUT2D eigenvalue weighted by Gasteiger charge is -2.11. The zero-order valence-electron chi connectivity index (χ0n) is 11.9. The molecular weight excluding hydrogens is 274 g/mol. The van der Waals surface area contributed by atoms with E-state index >= 15 is 0 Å². The second kappa shape index (κ2) is 6.48. The van der Waals surface area contributed by atoms with Crippen molar-refractivity contribution >= 4 is 6.29 Å². The highest BCUT2D eigenvalue weighted by Crippen LogP contribution is 2.29. The zero-order valence-corrected chi connectivity index (χ0v) is 11.9. The molecule has 0 bridgehead atoms. The lowest BCUT2D eigenvalue weighted by atomic mass is 9.99. The number of rotatable bonds is 5. The quantitative estimate of drug-likeness (QED) is 0.717. The van der Waals surface area contributed by atoms with Crippen LogP contribution in [0.2, 0.25) is 0 Å². The average molecular weight is 290 g/mol. The molecule has 0 amide bonds. The molecule has 110 valence electrons. The molecule has 1 unspecified atom stereocenters. The lowest BCUT2D eigenvalue weighted by Crippen LogP contribution is -1.96. The van der Waals surface area contributed by atoms with Gasteiger partial charge < -0.3 is 4.74 Å². The normalized spacial score (nSPS) is 12.0. The van der Waals surface area contributed by atoms with Crippen LogP contribution in [0.4, 0.5) is 8.78 Å². The molecule has 2 aromatic carbocycles. The van der Waals surface area contributed by atoms with Crippen molar-refractivity contribution in [3.8, 4) is 11.5 Å². The number of benzene rings is 2. The summed E-state index contributed by atoms with van der Waals surface area (Å²) in [4.78, 5) is 10.5. The van der Waals surface area contributed by atoms with Crippen LogP contribution in [0, 0.1) is 11.6 Å². The zero-order chi connectivity index (χ0) is 15.4. The predicted molar refractivity (Wildman–Crippen MR) is 77.0 cm³/mol. The van der Waals surface area contributed by atoms with E-state index < -0.39 is 17.4 Å². The van der Waals surface area contributed by atoms with Crippen molar-refractivity contribution in [3.05, 3.63) is 59.2 Å². The van der Waals surface area contributed by atoms with Gasteiger partial charge in [-0.15, -0.1) is 0 Å². The molecule has 4 heteroatoms. The molecule has 0 saturated carbocycles. The number of aldehydes is 1. The van der Waals surface area contributed by atoms with Gasteiger partial charge in [0.05, 0.1) is 0 Å². The molecule has 0 aliphatic carbocycles. The molecule has 2 aromatic rings. The minimum atomic E-state index is -0.900. The summed E-state index contributed by atoms with van der Waals surface area (Å²) in [5, 5.41) is 0. The van der Waals surface area contributed by atoms with Crippen LogP contribution in [0.3, 0.4) is 0 Å². The van der Waals surface area contributed by atoms with E-state index in [1.165, 1.54) is 0 Å². The summed E-state index contributed by atoms with van der Waals surface area (Å²) >= 11 is 0. The Balaban J connectivity index is 2.24. The molecule has 0 fully saturated rings. The SMILES string of the molecule is CCC(C)c1ccc(Oc2c(F)cc(C=O)cc2F)cc1. The molecule has 1 atom stereocenters. The van der Waals surface area contributed by atoms with Crippen molar-refractivity contribution in [2.24, 2.45) is 0 Å². The molecule has 2 rings (SSSR count).